The summed E-state index contributed by atoms with van der Waals surface area (Å²) >= 11 is 0. The molecule has 1 aliphatic rings. The second-order valence-corrected chi connectivity index (χ2v) is 10.2. The van der Waals surface area contributed by atoms with Crippen LogP contribution in [0.25, 0.3) is 5.70 Å². The van der Waals surface area contributed by atoms with Gasteiger partial charge in [-0.25, -0.2) is 0 Å². The summed E-state index contributed by atoms with van der Waals surface area (Å²) in [6.07, 6.45) is 7.21. The number of nitrogen functional groups attached to an aromatic ring is 1. The van der Waals surface area contributed by atoms with Gasteiger partial charge < -0.3 is 29.8 Å². The Balaban J connectivity index is 1.31. The van der Waals surface area contributed by atoms with Gasteiger partial charge >= 0.3 is 0 Å². The lowest BCUT2D eigenvalue weighted by Gasteiger charge is -2.23. The Kier molecular flexibility index (Phi) is 8.91. The zero-order valence-corrected chi connectivity index (χ0v) is 23.4. The minimum atomic E-state index is 0.581. The highest BCUT2D eigenvalue weighted by atomic mass is 16.5. The molecule has 3 aromatic carbocycles. The first kappa shape index (κ1) is 27.2. The zero-order valence-electron chi connectivity index (χ0n) is 23.4. The number of nitrogens with two attached hydrogens (primary N) is 1. The average Bonchev–Trinajstić information content (AvgIpc) is 3.44. The highest BCUT2D eigenvalue weighted by molar-refractivity contribution is 5.66. The van der Waals surface area contributed by atoms with Gasteiger partial charge in [0.15, 0.2) is 0 Å². The fraction of sp³-hybridized carbons (Fsp3) is 0.303. The molecule has 1 aromatic heterocycles. The molecule has 5 rings (SSSR count). The number of aryl methyl sites for hydroxylation is 1. The summed E-state index contributed by atoms with van der Waals surface area (Å²) in [5, 5.41) is 3.69. The number of methoxy groups -OCH3 is 2. The number of ether oxygens (including phenoxy) is 2. The zero-order chi connectivity index (χ0) is 27.7. The Bertz CT molecular complexity index is 1420. The average molecular weight is 539 g/mol. The highest BCUT2D eigenvalue weighted by Crippen LogP contribution is 2.33. The maximum Gasteiger partial charge on any atom is 0.298 e. The molecule has 0 bridgehead atoms. The Labute approximate surface area is 236 Å². The predicted octanol–water partition coefficient (Wildman–Crippen LogP) is 6.60. The molecule has 1 saturated carbocycles. The molecule has 4 aromatic rings. The molecule has 1 heterocycles. The molecule has 208 valence electrons. The molecular weight excluding hydrogens is 500 g/mol. The summed E-state index contributed by atoms with van der Waals surface area (Å²) in [6.45, 7) is 2.10. The van der Waals surface area contributed by atoms with Crippen LogP contribution < -0.4 is 25.4 Å². The Morgan fingerprint density at radius 3 is 2.30 bits per heavy atom. The minimum Gasteiger partial charge on any atom is -0.497 e. The first-order valence-electron chi connectivity index (χ1n) is 13.9. The molecule has 1 fully saturated rings. The van der Waals surface area contributed by atoms with E-state index in [1.54, 1.807) is 20.5 Å². The Morgan fingerprint density at radius 2 is 1.62 bits per heavy atom. The number of anilines is 2. The number of nitrogens with zero attached hydrogens (tertiary/aromatic N) is 2. The topological polar surface area (TPSA) is 85.8 Å². The van der Waals surface area contributed by atoms with Crippen LogP contribution in [0.2, 0.25) is 0 Å². The third-order valence-corrected chi connectivity index (χ3v) is 7.26. The van der Waals surface area contributed by atoms with E-state index in [0.29, 0.717) is 19.1 Å². The number of aromatic nitrogens is 1. The van der Waals surface area contributed by atoms with Gasteiger partial charge in [-0.2, -0.15) is 4.98 Å². The molecule has 0 saturated heterocycles. The van der Waals surface area contributed by atoms with E-state index in [2.05, 4.69) is 34.5 Å². The second kappa shape index (κ2) is 13.1. The van der Waals surface area contributed by atoms with Gasteiger partial charge in [0, 0.05) is 25.3 Å². The maximum absolute atomic E-state index is 6.12. The number of benzene rings is 3. The van der Waals surface area contributed by atoms with E-state index in [-0.39, 0.29) is 0 Å². The molecule has 0 aliphatic heterocycles. The molecule has 0 radical (unpaired) electrons. The molecule has 7 heteroatoms. The number of nitrogens with one attached hydrogen (secondary N) is 1. The van der Waals surface area contributed by atoms with Crippen molar-refractivity contribution in [2.24, 2.45) is 0 Å². The van der Waals surface area contributed by atoms with Crippen LogP contribution in [0.5, 0.6) is 11.5 Å². The minimum absolute atomic E-state index is 0.581. The van der Waals surface area contributed by atoms with E-state index in [9.17, 15) is 0 Å². The largest absolute Gasteiger partial charge is 0.497 e. The van der Waals surface area contributed by atoms with Crippen molar-refractivity contribution in [2.45, 2.75) is 45.2 Å². The standard InChI is InChI=1S/C33H38N4O3/c1-38-29-16-14-24(15-17-29)9-6-18-35-32(27-10-5-11-27)31-23-40-33(36-31)37(21-25-7-3-12-28(34)19-25)22-26-8-4-13-30(20-26)39-2/h3-4,7-8,12-17,19-20,23,35H,5-6,9-11,18,21-22,34H2,1-2H3. The van der Waals surface area contributed by atoms with E-state index in [0.717, 1.165) is 71.9 Å². The van der Waals surface area contributed by atoms with Crippen molar-refractivity contribution in [1.29, 1.82) is 0 Å². The molecule has 40 heavy (non-hydrogen) atoms. The first-order chi connectivity index (χ1) is 19.6. The smallest absolute Gasteiger partial charge is 0.298 e. The van der Waals surface area contributed by atoms with Gasteiger partial charge in [-0.15, -0.1) is 0 Å². The SMILES string of the molecule is COc1ccc(CCCNC(=C2CCC2)c2coc(N(Cc3cccc(N)c3)Cc3cccc(OC)c3)n2)cc1. The number of hydrogen-bond acceptors (Lipinski definition) is 7. The summed E-state index contributed by atoms with van der Waals surface area (Å²) in [5.41, 5.74) is 13.7. The van der Waals surface area contributed by atoms with Crippen molar-refractivity contribution in [2.75, 3.05) is 31.4 Å². The number of rotatable bonds is 13. The predicted molar refractivity (Wildman–Crippen MR) is 160 cm³/mol. The fourth-order valence-corrected chi connectivity index (χ4v) is 4.92. The lowest BCUT2D eigenvalue weighted by molar-refractivity contribution is 0.414. The summed E-state index contributed by atoms with van der Waals surface area (Å²) in [6, 6.07) is 24.9. The van der Waals surface area contributed by atoms with Crippen LogP contribution in [-0.2, 0) is 19.5 Å². The van der Waals surface area contributed by atoms with E-state index >= 15 is 0 Å². The third kappa shape index (κ3) is 6.97. The van der Waals surface area contributed by atoms with Crippen molar-refractivity contribution in [3.63, 3.8) is 0 Å². The molecular formula is C33H38N4O3. The maximum atomic E-state index is 6.12. The normalized spacial score (nSPS) is 12.5. The lowest BCUT2D eigenvalue weighted by atomic mass is 9.89. The van der Waals surface area contributed by atoms with Crippen molar-refractivity contribution in [3.05, 3.63) is 107 Å². The van der Waals surface area contributed by atoms with Gasteiger partial charge in [-0.1, -0.05) is 36.4 Å². The van der Waals surface area contributed by atoms with Crippen LogP contribution in [-0.4, -0.2) is 25.7 Å². The molecule has 0 unspecified atom stereocenters. The Hall–Kier alpha value is -4.39. The van der Waals surface area contributed by atoms with Gasteiger partial charge in [0.05, 0.1) is 19.9 Å². The van der Waals surface area contributed by atoms with Crippen LogP contribution >= 0.6 is 0 Å². The Morgan fingerprint density at radius 1 is 0.900 bits per heavy atom. The highest BCUT2D eigenvalue weighted by Gasteiger charge is 2.21. The van der Waals surface area contributed by atoms with Crippen LogP contribution in [0.4, 0.5) is 11.7 Å². The quantitative estimate of drug-likeness (QED) is 0.147. The summed E-state index contributed by atoms with van der Waals surface area (Å²) in [7, 11) is 3.38. The number of allylic oxidation sites excluding steroid dienone is 1. The van der Waals surface area contributed by atoms with Crippen molar-refractivity contribution >= 4 is 17.4 Å². The second-order valence-electron chi connectivity index (χ2n) is 10.2. The number of oxazole rings is 1. The third-order valence-electron chi connectivity index (χ3n) is 7.26. The van der Waals surface area contributed by atoms with Crippen molar-refractivity contribution in [1.82, 2.24) is 10.3 Å². The van der Waals surface area contributed by atoms with Crippen molar-refractivity contribution in [3.8, 4) is 11.5 Å². The first-order valence-corrected chi connectivity index (χ1v) is 13.9. The number of hydrogen-bond donors (Lipinski definition) is 2. The van der Waals surface area contributed by atoms with Crippen LogP contribution in [0.15, 0.2) is 89.0 Å². The van der Waals surface area contributed by atoms with Gasteiger partial charge in [-0.3, -0.25) is 0 Å². The van der Waals surface area contributed by atoms with Crippen molar-refractivity contribution < 1.29 is 13.9 Å². The van der Waals surface area contributed by atoms with Gasteiger partial charge in [-0.05, 0) is 90.8 Å². The monoisotopic (exact) mass is 538 g/mol. The summed E-state index contributed by atoms with van der Waals surface area (Å²) in [4.78, 5) is 7.13. The lowest BCUT2D eigenvalue weighted by Crippen LogP contribution is -2.23. The molecule has 1 aliphatic carbocycles. The van der Waals surface area contributed by atoms with Crippen LogP contribution in [0.3, 0.4) is 0 Å². The van der Waals surface area contributed by atoms with E-state index < -0.39 is 0 Å². The molecule has 0 spiro atoms. The van der Waals surface area contributed by atoms with E-state index in [1.807, 2.05) is 48.5 Å². The summed E-state index contributed by atoms with van der Waals surface area (Å²) < 4.78 is 16.8. The van der Waals surface area contributed by atoms with E-state index in [1.165, 1.54) is 17.6 Å². The van der Waals surface area contributed by atoms with Crippen LogP contribution in [0.1, 0.15) is 48.1 Å². The summed E-state index contributed by atoms with van der Waals surface area (Å²) in [5.74, 6) is 1.71. The molecule has 0 amide bonds. The fourth-order valence-electron chi connectivity index (χ4n) is 4.92. The van der Waals surface area contributed by atoms with Gasteiger partial charge in [0.25, 0.3) is 6.01 Å². The molecule has 3 N–H and O–H groups in total. The van der Waals surface area contributed by atoms with E-state index in [4.69, 9.17) is 24.6 Å². The van der Waals surface area contributed by atoms with Gasteiger partial charge in [0.2, 0.25) is 0 Å². The van der Waals surface area contributed by atoms with Gasteiger partial charge in [0.1, 0.15) is 23.5 Å². The van der Waals surface area contributed by atoms with Crippen LogP contribution in [0, 0.1) is 0 Å². The molecule has 0 atom stereocenters. The molecule has 7 nitrogen and oxygen atoms in total.